The minimum Gasteiger partial charge on any atom is -0.504 e. The van der Waals surface area contributed by atoms with Crippen molar-refractivity contribution in [2.45, 2.75) is 50.5 Å². The Morgan fingerprint density at radius 3 is 3.11 bits per heavy atom. The summed E-state index contributed by atoms with van der Waals surface area (Å²) in [4.78, 5) is 0. The number of ether oxygens (including phenoxy) is 1. The highest BCUT2D eigenvalue weighted by atomic mass is 16.5. The molecule has 3 atom stereocenters. The molecule has 3 aliphatic rings. The molecule has 0 bridgehead atoms. The maximum Gasteiger partial charge on any atom is 0.165 e. The third-order valence-corrected chi connectivity index (χ3v) is 5.12. The first-order chi connectivity index (χ1) is 9.21. The van der Waals surface area contributed by atoms with Crippen LogP contribution in [0.3, 0.4) is 0 Å². The van der Waals surface area contributed by atoms with Crippen molar-refractivity contribution in [1.82, 2.24) is 0 Å². The zero-order valence-electron chi connectivity index (χ0n) is 11.4. The lowest BCUT2D eigenvalue weighted by Crippen LogP contribution is -2.40. The number of rotatable bonds is 0. The van der Waals surface area contributed by atoms with Gasteiger partial charge in [-0.3, -0.25) is 0 Å². The molecule has 2 nitrogen and oxygen atoms in total. The van der Waals surface area contributed by atoms with Gasteiger partial charge in [-0.2, -0.15) is 0 Å². The number of hydrogen-bond acceptors (Lipinski definition) is 2. The van der Waals surface area contributed by atoms with Crippen molar-refractivity contribution in [3.63, 3.8) is 0 Å². The van der Waals surface area contributed by atoms with Crippen molar-refractivity contribution in [2.75, 3.05) is 0 Å². The Morgan fingerprint density at radius 2 is 2.21 bits per heavy atom. The summed E-state index contributed by atoms with van der Waals surface area (Å²) < 4.78 is 6.18. The summed E-state index contributed by atoms with van der Waals surface area (Å²) in [5, 5.41) is 10.1. The van der Waals surface area contributed by atoms with E-state index in [0.29, 0.717) is 11.7 Å². The summed E-state index contributed by atoms with van der Waals surface area (Å²) in [6, 6.07) is 3.90. The Balaban J connectivity index is 1.98. The number of aromatic hydroxyl groups is 1. The molecule has 1 aliphatic heterocycles. The first-order valence-corrected chi connectivity index (χ1v) is 7.42. The Morgan fingerprint density at radius 1 is 1.32 bits per heavy atom. The second-order valence-electron chi connectivity index (χ2n) is 6.37. The molecule has 0 radical (unpaired) electrons. The molecule has 0 saturated heterocycles. The average molecular weight is 256 g/mol. The first kappa shape index (κ1) is 11.4. The maximum absolute atomic E-state index is 10.1. The van der Waals surface area contributed by atoms with Crippen LogP contribution in [0.25, 0.3) is 0 Å². The van der Waals surface area contributed by atoms with Crippen LogP contribution >= 0.6 is 0 Å². The fraction of sp³-hybridized carbons (Fsp3) is 0.529. The topological polar surface area (TPSA) is 29.5 Å². The number of phenols is 1. The van der Waals surface area contributed by atoms with Crippen LogP contribution in [0.2, 0.25) is 0 Å². The Hall–Kier alpha value is -1.44. The van der Waals surface area contributed by atoms with E-state index in [-0.39, 0.29) is 11.5 Å². The molecule has 3 unspecified atom stereocenters. The van der Waals surface area contributed by atoms with Gasteiger partial charge in [-0.25, -0.2) is 0 Å². The number of benzene rings is 1. The van der Waals surface area contributed by atoms with E-state index in [1.165, 1.54) is 24.0 Å². The lowest BCUT2D eigenvalue weighted by molar-refractivity contribution is 0.131. The maximum atomic E-state index is 10.1. The highest BCUT2D eigenvalue weighted by Gasteiger charge is 2.51. The van der Waals surface area contributed by atoms with Crippen molar-refractivity contribution < 1.29 is 9.84 Å². The van der Waals surface area contributed by atoms with E-state index in [1.807, 2.05) is 0 Å². The summed E-state index contributed by atoms with van der Waals surface area (Å²) >= 11 is 0. The van der Waals surface area contributed by atoms with Crippen LogP contribution in [-0.4, -0.2) is 11.2 Å². The summed E-state index contributed by atoms with van der Waals surface area (Å²) in [5.41, 5.74) is 2.71. The molecule has 0 aromatic heterocycles. The Kier molecular flexibility index (Phi) is 2.27. The highest BCUT2D eigenvalue weighted by Crippen LogP contribution is 2.56. The average Bonchev–Trinajstić information content (AvgIpc) is 2.61. The molecule has 2 heteroatoms. The summed E-state index contributed by atoms with van der Waals surface area (Å²) in [6.07, 6.45) is 10.8. The van der Waals surface area contributed by atoms with Crippen LogP contribution in [0.4, 0.5) is 0 Å². The van der Waals surface area contributed by atoms with Gasteiger partial charge < -0.3 is 9.84 Å². The van der Waals surface area contributed by atoms with Gasteiger partial charge in [0.2, 0.25) is 0 Å². The number of phenolic OH excluding ortho intramolecular Hbond substituents is 1. The summed E-state index contributed by atoms with van der Waals surface area (Å²) in [5.74, 6) is 1.65. The van der Waals surface area contributed by atoms with Gasteiger partial charge in [-0.05, 0) is 43.2 Å². The SMILES string of the molecule is CC1C=CC23CCCCc4ccc(O)c(c42)OC3C1. The molecule has 0 amide bonds. The normalized spacial score (nSPS) is 35.2. The molecule has 4 rings (SSSR count). The predicted octanol–water partition coefficient (Wildman–Crippen LogP) is 3.71. The number of hydrogen-bond donors (Lipinski definition) is 1. The van der Waals surface area contributed by atoms with Gasteiger partial charge >= 0.3 is 0 Å². The summed E-state index contributed by atoms with van der Waals surface area (Å²) in [6.45, 7) is 2.24. The van der Waals surface area contributed by atoms with Crippen molar-refractivity contribution in [2.24, 2.45) is 5.92 Å². The Labute approximate surface area is 114 Å². The lowest BCUT2D eigenvalue weighted by atomic mass is 9.68. The van der Waals surface area contributed by atoms with Crippen molar-refractivity contribution in [1.29, 1.82) is 0 Å². The molecular weight excluding hydrogens is 236 g/mol. The van der Waals surface area contributed by atoms with E-state index in [4.69, 9.17) is 4.74 Å². The smallest absolute Gasteiger partial charge is 0.165 e. The van der Waals surface area contributed by atoms with E-state index in [9.17, 15) is 5.11 Å². The van der Waals surface area contributed by atoms with E-state index in [1.54, 1.807) is 6.07 Å². The van der Waals surface area contributed by atoms with E-state index in [0.717, 1.165) is 25.0 Å². The van der Waals surface area contributed by atoms with E-state index in [2.05, 4.69) is 25.1 Å². The summed E-state index contributed by atoms with van der Waals surface area (Å²) in [7, 11) is 0. The molecule has 1 aromatic rings. The van der Waals surface area contributed by atoms with Crippen LogP contribution < -0.4 is 4.74 Å². The standard InChI is InChI=1S/C17H20O2/c1-11-7-9-17-8-3-2-4-12-5-6-13(18)16(15(12)17)19-14(17)10-11/h5-7,9,11,14,18H,2-4,8,10H2,1H3. The molecule has 2 aliphatic carbocycles. The minimum absolute atomic E-state index is 0.0341. The molecule has 1 N–H and O–H groups in total. The number of aryl methyl sites for hydroxylation is 1. The fourth-order valence-electron chi connectivity index (χ4n) is 4.16. The van der Waals surface area contributed by atoms with Crippen LogP contribution in [0.1, 0.15) is 43.7 Å². The third-order valence-electron chi connectivity index (χ3n) is 5.12. The first-order valence-electron chi connectivity index (χ1n) is 7.42. The zero-order chi connectivity index (χ0) is 13.0. The molecule has 1 spiro atoms. The molecular formula is C17H20O2. The van der Waals surface area contributed by atoms with E-state index < -0.39 is 0 Å². The third kappa shape index (κ3) is 1.43. The van der Waals surface area contributed by atoms with Gasteiger partial charge in [0.25, 0.3) is 0 Å². The van der Waals surface area contributed by atoms with Gasteiger partial charge in [0.05, 0.1) is 5.41 Å². The van der Waals surface area contributed by atoms with Crippen LogP contribution in [0, 0.1) is 5.92 Å². The lowest BCUT2D eigenvalue weighted by Gasteiger charge is -2.36. The van der Waals surface area contributed by atoms with Crippen LogP contribution in [0.5, 0.6) is 11.5 Å². The quantitative estimate of drug-likeness (QED) is 0.717. The predicted molar refractivity (Wildman–Crippen MR) is 74.7 cm³/mol. The number of allylic oxidation sites excluding steroid dienone is 1. The molecule has 0 fully saturated rings. The van der Waals surface area contributed by atoms with Crippen molar-refractivity contribution in [3.05, 3.63) is 35.4 Å². The van der Waals surface area contributed by atoms with Crippen LogP contribution in [-0.2, 0) is 11.8 Å². The minimum atomic E-state index is 0.0341. The second kappa shape index (κ2) is 3.78. The van der Waals surface area contributed by atoms with Gasteiger partial charge in [0.1, 0.15) is 6.10 Å². The highest BCUT2D eigenvalue weighted by molar-refractivity contribution is 5.60. The van der Waals surface area contributed by atoms with Gasteiger partial charge in [-0.1, -0.05) is 31.6 Å². The molecule has 1 aromatic carbocycles. The molecule has 19 heavy (non-hydrogen) atoms. The van der Waals surface area contributed by atoms with E-state index >= 15 is 0 Å². The Bertz CT molecular complexity index is 561. The van der Waals surface area contributed by atoms with Gasteiger partial charge in [-0.15, -0.1) is 0 Å². The fourth-order valence-corrected chi connectivity index (χ4v) is 4.16. The molecule has 100 valence electrons. The second-order valence-corrected chi connectivity index (χ2v) is 6.37. The monoisotopic (exact) mass is 256 g/mol. The molecule has 1 heterocycles. The van der Waals surface area contributed by atoms with Gasteiger partial charge in [0, 0.05) is 5.56 Å². The largest absolute Gasteiger partial charge is 0.504 e. The van der Waals surface area contributed by atoms with Crippen molar-refractivity contribution in [3.8, 4) is 11.5 Å². The van der Waals surface area contributed by atoms with Gasteiger partial charge in [0.15, 0.2) is 11.5 Å². The zero-order valence-corrected chi connectivity index (χ0v) is 11.4. The molecule has 0 saturated carbocycles. The van der Waals surface area contributed by atoms with Crippen LogP contribution in [0.15, 0.2) is 24.3 Å². The van der Waals surface area contributed by atoms with Crippen molar-refractivity contribution >= 4 is 0 Å².